The van der Waals surface area contributed by atoms with Gasteiger partial charge in [-0.05, 0) is 38.8 Å². The second-order valence-corrected chi connectivity index (χ2v) is 4.86. The minimum Gasteiger partial charge on any atom is -0.320 e. The van der Waals surface area contributed by atoms with Crippen LogP contribution in [-0.2, 0) is 0 Å². The average molecular weight is 255 g/mol. The maximum absolute atomic E-state index is 11.8. The van der Waals surface area contributed by atoms with E-state index in [1.54, 1.807) is 6.20 Å². The maximum atomic E-state index is 11.8. The van der Waals surface area contributed by atoms with E-state index in [9.17, 15) is 9.59 Å². The number of para-hydroxylation sites is 1. The van der Waals surface area contributed by atoms with Gasteiger partial charge in [-0.1, -0.05) is 18.2 Å². The van der Waals surface area contributed by atoms with Gasteiger partial charge < -0.3 is 4.57 Å². The molecule has 0 aliphatic heterocycles. The fourth-order valence-electron chi connectivity index (χ4n) is 2.32. The monoisotopic (exact) mass is 255 g/mol. The van der Waals surface area contributed by atoms with Gasteiger partial charge in [0.05, 0.1) is 11.3 Å². The minimum absolute atomic E-state index is 0.204. The van der Waals surface area contributed by atoms with Crippen molar-refractivity contribution in [1.82, 2.24) is 4.57 Å². The summed E-state index contributed by atoms with van der Waals surface area (Å²) in [7, 11) is 0. The summed E-state index contributed by atoms with van der Waals surface area (Å²) < 4.78 is 1.92. The van der Waals surface area contributed by atoms with Gasteiger partial charge in [0.2, 0.25) is 0 Å². The first-order valence-electron chi connectivity index (χ1n) is 6.22. The van der Waals surface area contributed by atoms with Crippen LogP contribution < -0.4 is 5.43 Å². The molecule has 1 aromatic carbocycles. The molecule has 3 heteroatoms. The van der Waals surface area contributed by atoms with Gasteiger partial charge in [0.25, 0.3) is 0 Å². The lowest BCUT2D eigenvalue weighted by atomic mass is 10.1. The van der Waals surface area contributed by atoms with Gasteiger partial charge >= 0.3 is 0 Å². The van der Waals surface area contributed by atoms with Crippen LogP contribution in [0.3, 0.4) is 0 Å². The number of aromatic nitrogens is 1. The molecule has 0 aliphatic carbocycles. The molecule has 0 spiro atoms. The Bertz CT molecular complexity index is 691. The highest BCUT2D eigenvalue weighted by Crippen LogP contribution is 2.20. The molecule has 0 saturated carbocycles. The molecule has 0 N–H and O–H groups in total. The fraction of sp³-hybridized carbons (Fsp3) is 0.250. The van der Waals surface area contributed by atoms with Gasteiger partial charge in [-0.2, -0.15) is 0 Å². The number of carbonyl (C=O) groups is 1. The first-order chi connectivity index (χ1) is 8.91. The SMILES string of the molecule is CC(=O)c1cn(-c2c(C)cccc2C)c(C)cc1=O. The van der Waals surface area contributed by atoms with Crippen LogP contribution in [0.5, 0.6) is 0 Å². The third-order valence-electron chi connectivity index (χ3n) is 3.30. The van der Waals surface area contributed by atoms with E-state index >= 15 is 0 Å². The molecule has 2 rings (SSSR count). The van der Waals surface area contributed by atoms with Gasteiger partial charge in [-0.25, -0.2) is 0 Å². The van der Waals surface area contributed by atoms with E-state index in [-0.39, 0.29) is 16.8 Å². The Hall–Kier alpha value is -2.16. The van der Waals surface area contributed by atoms with Crippen molar-refractivity contribution in [3.8, 4) is 5.69 Å². The molecule has 0 saturated heterocycles. The van der Waals surface area contributed by atoms with Crippen LogP contribution in [-0.4, -0.2) is 10.4 Å². The summed E-state index contributed by atoms with van der Waals surface area (Å²) in [6.07, 6.45) is 1.65. The number of ketones is 1. The highest BCUT2D eigenvalue weighted by Gasteiger charge is 2.11. The van der Waals surface area contributed by atoms with Crippen molar-refractivity contribution >= 4 is 5.78 Å². The molecule has 0 bridgehead atoms. The molecular weight excluding hydrogens is 238 g/mol. The first-order valence-corrected chi connectivity index (χ1v) is 6.22. The summed E-state index contributed by atoms with van der Waals surface area (Å²) in [5, 5.41) is 0. The van der Waals surface area contributed by atoms with Crippen molar-refractivity contribution < 1.29 is 4.79 Å². The zero-order chi connectivity index (χ0) is 14.2. The van der Waals surface area contributed by atoms with E-state index in [1.807, 2.05) is 43.5 Å². The summed E-state index contributed by atoms with van der Waals surface area (Å²) in [6, 6.07) is 7.56. The van der Waals surface area contributed by atoms with E-state index in [0.717, 1.165) is 22.5 Å². The van der Waals surface area contributed by atoms with Gasteiger partial charge in [-0.15, -0.1) is 0 Å². The van der Waals surface area contributed by atoms with Crippen molar-refractivity contribution in [3.05, 3.63) is 63.1 Å². The predicted octanol–water partition coefficient (Wildman–Crippen LogP) is 2.97. The number of pyridine rings is 1. The Labute approximate surface area is 112 Å². The minimum atomic E-state index is -0.215. The third kappa shape index (κ3) is 2.36. The Morgan fingerprint density at radius 3 is 2.21 bits per heavy atom. The van der Waals surface area contributed by atoms with Crippen LogP contribution in [0.1, 0.15) is 34.1 Å². The highest BCUT2D eigenvalue weighted by atomic mass is 16.1. The second kappa shape index (κ2) is 4.84. The standard InChI is InChI=1S/C16H17NO2/c1-10-6-5-7-11(2)16(10)17-9-14(13(4)18)15(19)8-12(17)3/h5-9H,1-4H3. The average Bonchev–Trinajstić information content (AvgIpc) is 2.30. The quantitative estimate of drug-likeness (QED) is 0.774. The summed E-state index contributed by atoms with van der Waals surface area (Å²) in [6.45, 7) is 7.33. The van der Waals surface area contributed by atoms with Crippen molar-refractivity contribution in [2.24, 2.45) is 0 Å². The fourth-order valence-corrected chi connectivity index (χ4v) is 2.32. The molecule has 0 atom stereocenters. The van der Waals surface area contributed by atoms with E-state index in [1.165, 1.54) is 13.0 Å². The smallest absolute Gasteiger partial charge is 0.192 e. The number of nitrogens with zero attached hydrogens (tertiary/aromatic N) is 1. The Kier molecular flexibility index (Phi) is 3.38. The molecule has 2 aromatic rings. The van der Waals surface area contributed by atoms with E-state index < -0.39 is 0 Å². The van der Waals surface area contributed by atoms with Gasteiger partial charge in [0.1, 0.15) is 0 Å². The molecule has 0 fully saturated rings. The molecule has 0 radical (unpaired) electrons. The summed E-state index contributed by atoms with van der Waals surface area (Å²) in [5.74, 6) is -0.204. The second-order valence-electron chi connectivity index (χ2n) is 4.86. The van der Waals surface area contributed by atoms with Crippen LogP contribution in [0, 0.1) is 20.8 Å². The molecule has 0 aliphatic rings. The number of aryl methyl sites for hydroxylation is 3. The van der Waals surface area contributed by atoms with Gasteiger partial charge in [0.15, 0.2) is 11.2 Å². The lowest BCUT2D eigenvalue weighted by Gasteiger charge is -2.16. The lowest BCUT2D eigenvalue weighted by Crippen LogP contribution is -2.17. The Morgan fingerprint density at radius 1 is 1.11 bits per heavy atom. The van der Waals surface area contributed by atoms with E-state index in [4.69, 9.17) is 0 Å². The van der Waals surface area contributed by atoms with Crippen molar-refractivity contribution in [2.75, 3.05) is 0 Å². The summed E-state index contributed by atoms with van der Waals surface area (Å²) >= 11 is 0. The van der Waals surface area contributed by atoms with E-state index in [2.05, 4.69) is 0 Å². The van der Waals surface area contributed by atoms with Crippen molar-refractivity contribution in [3.63, 3.8) is 0 Å². The number of Topliss-reactive ketones (excluding diaryl/α,β-unsaturated/α-hetero) is 1. The molecule has 19 heavy (non-hydrogen) atoms. The Morgan fingerprint density at radius 2 is 1.68 bits per heavy atom. The zero-order valence-corrected chi connectivity index (χ0v) is 11.7. The molecule has 0 amide bonds. The number of benzene rings is 1. The van der Waals surface area contributed by atoms with Crippen molar-refractivity contribution in [2.45, 2.75) is 27.7 Å². The summed E-state index contributed by atoms with van der Waals surface area (Å²) in [5.41, 5.74) is 4.10. The number of rotatable bonds is 2. The van der Waals surface area contributed by atoms with Gasteiger partial charge in [-0.3, -0.25) is 9.59 Å². The number of hydrogen-bond acceptors (Lipinski definition) is 2. The van der Waals surface area contributed by atoms with Gasteiger partial charge in [0, 0.05) is 18.0 Å². The van der Waals surface area contributed by atoms with Crippen LogP contribution in [0.25, 0.3) is 5.69 Å². The number of carbonyl (C=O) groups excluding carboxylic acids is 1. The number of hydrogen-bond donors (Lipinski definition) is 0. The zero-order valence-electron chi connectivity index (χ0n) is 11.7. The topological polar surface area (TPSA) is 39.1 Å². The van der Waals surface area contributed by atoms with Crippen LogP contribution >= 0.6 is 0 Å². The van der Waals surface area contributed by atoms with Crippen LogP contribution in [0.4, 0.5) is 0 Å². The van der Waals surface area contributed by atoms with Crippen LogP contribution in [0.2, 0.25) is 0 Å². The third-order valence-corrected chi connectivity index (χ3v) is 3.30. The van der Waals surface area contributed by atoms with E-state index in [0.29, 0.717) is 0 Å². The Balaban J connectivity index is 2.80. The predicted molar refractivity (Wildman–Crippen MR) is 76.3 cm³/mol. The lowest BCUT2D eigenvalue weighted by molar-refractivity contribution is 0.101. The first kappa shape index (κ1) is 13.3. The molecule has 0 unspecified atom stereocenters. The molecule has 98 valence electrons. The molecular formula is C16H17NO2. The molecule has 3 nitrogen and oxygen atoms in total. The molecule has 1 aromatic heterocycles. The highest BCUT2D eigenvalue weighted by molar-refractivity contribution is 5.93. The summed E-state index contributed by atoms with van der Waals surface area (Å²) in [4.78, 5) is 23.3. The molecule has 1 heterocycles. The normalized spacial score (nSPS) is 10.5. The largest absolute Gasteiger partial charge is 0.320 e. The maximum Gasteiger partial charge on any atom is 0.192 e. The van der Waals surface area contributed by atoms with Crippen molar-refractivity contribution in [1.29, 1.82) is 0 Å². The van der Waals surface area contributed by atoms with Crippen LogP contribution in [0.15, 0.2) is 35.3 Å².